The predicted octanol–water partition coefficient (Wildman–Crippen LogP) is 3.82. The summed E-state index contributed by atoms with van der Waals surface area (Å²) in [6.07, 6.45) is 0. The van der Waals surface area contributed by atoms with Gasteiger partial charge in [0.2, 0.25) is 0 Å². The molecule has 4 nitrogen and oxygen atoms in total. The highest BCUT2D eigenvalue weighted by Gasteiger charge is 2.13. The maximum atomic E-state index is 12.2. The van der Waals surface area contributed by atoms with Crippen molar-refractivity contribution in [2.45, 2.75) is 13.0 Å². The number of carbonyl (C=O) groups is 1. The number of amides is 1. The average molecular weight is 359 g/mol. The van der Waals surface area contributed by atoms with Crippen LogP contribution < -0.4 is 10.1 Å². The van der Waals surface area contributed by atoms with Gasteiger partial charge in [-0.15, -0.1) is 0 Å². The Morgan fingerprint density at radius 1 is 1.32 bits per heavy atom. The van der Waals surface area contributed by atoms with Crippen LogP contribution in [0, 0.1) is 11.3 Å². The molecule has 0 bridgehead atoms. The van der Waals surface area contributed by atoms with Gasteiger partial charge in [-0.05, 0) is 58.7 Å². The van der Waals surface area contributed by atoms with Crippen LogP contribution in [0.5, 0.6) is 5.75 Å². The monoisotopic (exact) mass is 358 g/mol. The van der Waals surface area contributed by atoms with E-state index in [0.717, 1.165) is 15.8 Å². The number of rotatable bonds is 4. The molecular weight excluding hydrogens is 344 g/mol. The predicted molar refractivity (Wildman–Crippen MR) is 87.7 cm³/mol. The topological polar surface area (TPSA) is 62.1 Å². The molecule has 0 fully saturated rings. The highest BCUT2D eigenvalue weighted by molar-refractivity contribution is 9.10. The molecule has 0 aromatic heterocycles. The zero-order chi connectivity index (χ0) is 16.1. The van der Waals surface area contributed by atoms with Crippen molar-refractivity contribution in [2.24, 2.45) is 0 Å². The van der Waals surface area contributed by atoms with Crippen LogP contribution in [0.3, 0.4) is 0 Å². The lowest BCUT2D eigenvalue weighted by atomic mass is 10.1. The van der Waals surface area contributed by atoms with E-state index in [-0.39, 0.29) is 11.9 Å². The van der Waals surface area contributed by atoms with Gasteiger partial charge >= 0.3 is 0 Å². The van der Waals surface area contributed by atoms with Crippen LogP contribution in [0.25, 0.3) is 0 Å². The van der Waals surface area contributed by atoms with Crippen LogP contribution in [0.15, 0.2) is 46.9 Å². The third kappa shape index (κ3) is 3.66. The summed E-state index contributed by atoms with van der Waals surface area (Å²) in [5.74, 6) is 0.528. The minimum atomic E-state index is -0.212. The van der Waals surface area contributed by atoms with E-state index in [9.17, 15) is 4.79 Å². The Kier molecular flexibility index (Phi) is 5.18. The molecule has 0 saturated heterocycles. The fourth-order valence-electron chi connectivity index (χ4n) is 2.05. The Morgan fingerprint density at radius 2 is 2.09 bits per heavy atom. The molecule has 1 amide bonds. The van der Waals surface area contributed by atoms with E-state index < -0.39 is 0 Å². The van der Waals surface area contributed by atoms with Crippen LogP contribution in [0.4, 0.5) is 0 Å². The number of benzene rings is 2. The standard InChI is InChI=1S/C17H15BrN2O2/c1-11(13-6-7-16(22-2)15(18)9-13)20-17(21)14-5-3-4-12(8-14)10-19/h3-9,11H,1-2H3,(H,20,21)/t11-/m0/s1. The summed E-state index contributed by atoms with van der Waals surface area (Å²) >= 11 is 3.43. The lowest BCUT2D eigenvalue weighted by Crippen LogP contribution is -2.26. The maximum Gasteiger partial charge on any atom is 0.251 e. The number of nitriles is 1. The summed E-state index contributed by atoms with van der Waals surface area (Å²) in [6, 6.07) is 14.1. The zero-order valence-corrected chi connectivity index (χ0v) is 13.8. The Balaban J connectivity index is 2.14. The fraction of sp³-hybridized carbons (Fsp3) is 0.176. The molecule has 0 saturated carbocycles. The second kappa shape index (κ2) is 7.10. The number of nitrogens with zero attached hydrogens (tertiary/aromatic N) is 1. The quantitative estimate of drug-likeness (QED) is 0.903. The minimum absolute atomic E-state index is 0.166. The van der Waals surface area contributed by atoms with Gasteiger partial charge in [0, 0.05) is 5.56 Å². The van der Waals surface area contributed by atoms with E-state index in [1.54, 1.807) is 31.4 Å². The molecule has 22 heavy (non-hydrogen) atoms. The molecule has 2 rings (SSSR count). The Labute approximate surface area is 137 Å². The average Bonchev–Trinajstić information content (AvgIpc) is 2.54. The molecule has 2 aromatic rings. The number of ether oxygens (including phenoxy) is 1. The van der Waals surface area contributed by atoms with Crippen molar-refractivity contribution in [2.75, 3.05) is 7.11 Å². The largest absolute Gasteiger partial charge is 0.496 e. The molecule has 112 valence electrons. The molecule has 0 aliphatic heterocycles. The van der Waals surface area contributed by atoms with Crippen molar-refractivity contribution in [3.05, 3.63) is 63.6 Å². The molecule has 1 atom stereocenters. The summed E-state index contributed by atoms with van der Waals surface area (Å²) in [7, 11) is 1.60. The van der Waals surface area contributed by atoms with E-state index in [2.05, 4.69) is 21.2 Å². The summed E-state index contributed by atoms with van der Waals surface area (Å²) in [6.45, 7) is 1.90. The number of carbonyl (C=O) groups excluding carboxylic acids is 1. The highest BCUT2D eigenvalue weighted by Crippen LogP contribution is 2.28. The molecule has 0 radical (unpaired) electrons. The van der Waals surface area contributed by atoms with Crippen LogP contribution in [0.2, 0.25) is 0 Å². The third-order valence-corrected chi connectivity index (χ3v) is 3.90. The number of methoxy groups -OCH3 is 1. The lowest BCUT2D eigenvalue weighted by molar-refractivity contribution is 0.0940. The normalized spacial score (nSPS) is 11.4. The van der Waals surface area contributed by atoms with Crippen molar-refractivity contribution in [1.29, 1.82) is 5.26 Å². The van der Waals surface area contributed by atoms with Gasteiger partial charge in [0.05, 0.1) is 29.3 Å². The molecule has 0 spiro atoms. The first-order valence-corrected chi connectivity index (χ1v) is 7.49. The van der Waals surface area contributed by atoms with Crippen molar-refractivity contribution in [3.63, 3.8) is 0 Å². The van der Waals surface area contributed by atoms with E-state index in [4.69, 9.17) is 10.00 Å². The molecule has 5 heteroatoms. The lowest BCUT2D eigenvalue weighted by Gasteiger charge is -2.16. The van der Waals surface area contributed by atoms with Gasteiger partial charge in [-0.2, -0.15) is 5.26 Å². The second-order valence-corrected chi connectivity index (χ2v) is 5.64. The third-order valence-electron chi connectivity index (χ3n) is 3.28. The van der Waals surface area contributed by atoms with Crippen LogP contribution >= 0.6 is 15.9 Å². The first kappa shape index (κ1) is 16.1. The molecule has 0 unspecified atom stereocenters. The fourth-order valence-corrected chi connectivity index (χ4v) is 2.60. The first-order valence-electron chi connectivity index (χ1n) is 6.69. The van der Waals surface area contributed by atoms with Crippen LogP contribution in [0.1, 0.15) is 34.5 Å². The summed E-state index contributed by atoms with van der Waals surface area (Å²) in [5, 5.41) is 11.8. The van der Waals surface area contributed by atoms with Gasteiger partial charge in [0.25, 0.3) is 5.91 Å². The maximum absolute atomic E-state index is 12.2. The van der Waals surface area contributed by atoms with Crippen LogP contribution in [-0.4, -0.2) is 13.0 Å². The van der Waals surface area contributed by atoms with E-state index in [1.165, 1.54) is 0 Å². The van der Waals surface area contributed by atoms with E-state index in [0.29, 0.717) is 11.1 Å². The number of hydrogen-bond acceptors (Lipinski definition) is 3. The van der Waals surface area contributed by atoms with Gasteiger partial charge in [-0.1, -0.05) is 12.1 Å². The van der Waals surface area contributed by atoms with Crippen LogP contribution in [-0.2, 0) is 0 Å². The molecule has 1 N–H and O–H groups in total. The molecule has 0 heterocycles. The van der Waals surface area contributed by atoms with Crippen molar-refractivity contribution < 1.29 is 9.53 Å². The zero-order valence-electron chi connectivity index (χ0n) is 12.3. The van der Waals surface area contributed by atoms with Gasteiger partial charge in [-0.3, -0.25) is 4.79 Å². The van der Waals surface area contributed by atoms with Crippen molar-refractivity contribution >= 4 is 21.8 Å². The first-order chi connectivity index (χ1) is 10.5. The van der Waals surface area contributed by atoms with Gasteiger partial charge in [0.15, 0.2) is 0 Å². The molecular formula is C17H15BrN2O2. The molecule has 0 aliphatic carbocycles. The number of hydrogen-bond donors (Lipinski definition) is 1. The summed E-state index contributed by atoms with van der Waals surface area (Å²) in [4.78, 5) is 12.2. The van der Waals surface area contributed by atoms with E-state index in [1.807, 2.05) is 31.2 Å². The number of nitrogens with one attached hydrogen (secondary N) is 1. The Bertz CT molecular complexity index is 738. The minimum Gasteiger partial charge on any atom is -0.496 e. The molecule has 0 aliphatic rings. The van der Waals surface area contributed by atoms with Gasteiger partial charge < -0.3 is 10.1 Å². The van der Waals surface area contributed by atoms with E-state index >= 15 is 0 Å². The Hall–Kier alpha value is -2.32. The summed E-state index contributed by atoms with van der Waals surface area (Å²) < 4.78 is 6.02. The van der Waals surface area contributed by atoms with Crippen molar-refractivity contribution in [1.82, 2.24) is 5.32 Å². The number of halogens is 1. The highest BCUT2D eigenvalue weighted by atomic mass is 79.9. The SMILES string of the molecule is COc1ccc([C@H](C)NC(=O)c2cccc(C#N)c2)cc1Br. The smallest absolute Gasteiger partial charge is 0.251 e. The molecule has 2 aromatic carbocycles. The van der Waals surface area contributed by atoms with Gasteiger partial charge in [-0.25, -0.2) is 0 Å². The van der Waals surface area contributed by atoms with Crippen molar-refractivity contribution in [3.8, 4) is 11.8 Å². The van der Waals surface area contributed by atoms with Gasteiger partial charge in [0.1, 0.15) is 5.75 Å². The second-order valence-electron chi connectivity index (χ2n) is 4.78. The Morgan fingerprint density at radius 3 is 2.73 bits per heavy atom. The summed E-state index contributed by atoms with van der Waals surface area (Å²) in [5.41, 5.74) is 1.89.